The first-order valence-electron chi connectivity index (χ1n) is 6.95. The summed E-state index contributed by atoms with van der Waals surface area (Å²) in [5.41, 5.74) is 2.12. The van der Waals surface area contributed by atoms with Gasteiger partial charge in [-0.25, -0.2) is 9.97 Å². The van der Waals surface area contributed by atoms with Crippen molar-refractivity contribution in [3.05, 3.63) is 42.0 Å². The van der Waals surface area contributed by atoms with Gasteiger partial charge >= 0.3 is 0 Å². The van der Waals surface area contributed by atoms with Crippen LogP contribution in [0.1, 0.15) is 37.6 Å². The van der Waals surface area contributed by atoms with Gasteiger partial charge in [0.2, 0.25) is 0 Å². The number of nitrogens with zero attached hydrogens (tertiary/aromatic N) is 3. The largest absolute Gasteiger partial charge is 0.373 e. The highest BCUT2D eigenvalue weighted by atomic mass is 15.1. The molecule has 20 heavy (non-hydrogen) atoms. The van der Waals surface area contributed by atoms with Crippen LogP contribution in [0.15, 0.2) is 30.7 Å². The SMILES string of the molecule is CCCc1c(NC)ncnc1NC(C)c1ccccn1. The molecule has 5 nitrogen and oxygen atoms in total. The maximum Gasteiger partial charge on any atom is 0.135 e. The number of hydrogen-bond donors (Lipinski definition) is 2. The van der Waals surface area contributed by atoms with Gasteiger partial charge in [0.1, 0.15) is 18.0 Å². The molecule has 2 aromatic heterocycles. The third-order valence-electron chi connectivity index (χ3n) is 3.17. The molecule has 0 radical (unpaired) electrons. The van der Waals surface area contributed by atoms with Gasteiger partial charge < -0.3 is 10.6 Å². The summed E-state index contributed by atoms with van der Waals surface area (Å²) in [6.45, 7) is 4.23. The highest BCUT2D eigenvalue weighted by Gasteiger charge is 2.13. The van der Waals surface area contributed by atoms with Crippen LogP contribution in [0.5, 0.6) is 0 Å². The second kappa shape index (κ2) is 6.84. The zero-order valence-electron chi connectivity index (χ0n) is 12.2. The number of pyridine rings is 1. The van der Waals surface area contributed by atoms with Crippen molar-refractivity contribution in [2.45, 2.75) is 32.7 Å². The summed E-state index contributed by atoms with van der Waals surface area (Å²) in [6, 6.07) is 6.03. The summed E-state index contributed by atoms with van der Waals surface area (Å²) in [5.74, 6) is 1.77. The van der Waals surface area contributed by atoms with E-state index in [1.165, 1.54) is 0 Å². The van der Waals surface area contributed by atoms with E-state index in [1.807, 2.05) is 25.2 Å². The van der Waals surface area contributed by atoms with Crippen LogP contribution in [-0.2, 0) is 6.42 Å². The Kier molecular flexibility index (Phi) is 4.87. The molecule has 0 aliphatic heterocycles. The summed E-state index contributed by atoms with van der Waals surface area (Å²) in [5, 5.41) is 6.56. The number of aromatic nitrogens is 3. The molecule has 1 unspecified atom stereocenters. The lowest BCUT2D eigenvalue weighted by molar-refractivity contribution is 0.817. The van der Waals surface area contributed by atoms with Gasteiger partial charge in [0.15, 0.2) is 0 Å². The molecule has 2 aromatic rings. The van der Waals surface area contributed by atoms with Crippen LogP contribution in [0, 0.1) is 0 Å². The fourth-order valence-electron chi connectivity index (χ4n) is 2.15. The van der Waals surface area contributed by atoms with E-state index in [0.29, 0.717) is 0 Å². The highest BCUT2D eigenvalue weighted by Crippen LogP contribution is 2.24. The monoisotopic (exact) mass is 271 g/mol. The number of anilines is 2. The molecule has 0 saturated heterocycles. The van der Waals surface area contributed by atoms with Crippen molar-refractivity contribution >= 4 is 11.6 Å². The lowest BCUT2D eigenvalue weighted by atomic mass is 10.1. The molecule has 2 rings (SSSR count). The van der Waals surface area contributed by atoms with Crippen molar-refractivity contribution < 1.29 is 0 Å². The van der Waals surface area contributed by atoms with Gasteiger partial charge in [0.25, 0.3) is 0 Å². The third-order valence-corrected chi connectivity index (χ3v) is 3.17. The molecule has 0 saturated carbocycles. The molecule has 1 atom stereocenters. The molecule has 0 amide bonds. The average Bonchev–Trinajstić information content (AvgIpc) is 2.50. The fourth-order valence-corrected chi connectivity index (χ4v) is 2.15. The first-order valence-corrected chi connectivity index (χ1v) is 6.95. The fraction of sp³-hybridized carbons (Fsp3) is 0.400. The van der Waals surface area contributed by atoms with Gasteiger partial charge in [-0.3, -0.25) is 4.98 Å². The van der Waals surface area contributed by atoms with Crippen molar-refractivity contribution in [2.24, 2.45) is 0 Å². The first-order chi connectivity index (χ1) is 9.76. The molecular weight excluding hydrogens is 250 g/mol. The van der Waals surface area contributed by atoms with Gasteiger partial charge in [0, 0.05) is 18.8 Å². The van der Waals surface area contributed by atoms with Crippen molar-refractivity contribution in [2.75, 3.05) is 17.7 Å². The average molecular weight is 271 g/mol. The summed E-state index contributed by atoms with van der Waals surface area (Å²) in [7, 11) is 1.88. The molecule has 0 aromatic carbocycles. The van der Waals surface area contributed by atoms with Gasteiger partial charge in [0.05, 0.1) is 11.7 Å². The Morgan fingerprint density at radius 2 is 1.95 bits per heavy atom. The number of hydrogen-bond acceptors (Lipinski definition) is 5. The second-order valence-corrected chi connectivity index (χ2v) is 4.67. The molecule has 0 fully saturated rings. The molecule has 5 heteroatoms. The lowest BCUT2D eigenvalue weighted by Gasteiger charge is -2.18. The highest BCUT2D eigenvalue weighted by molar-refractivity contribution is 5.57. The van der Waals surface area contributed by atoms with Crippen molar-refractivity contribution in [3.63, 3.8) is 0 Å². The summed E-state index contributed by atoms with van der Waals surface area (Å²) in [4.78, 5) is 13.0. The molecule has 2 N–H and O–H groups in total. The van der Waals surface area contributed by atoms with E-state index >= 15 is 0 Å². The first kappa shape index (κ1) is 14.2. The Bertz CT molecular complexity index is 541. The Labute approximate surface area is 119 Å². The van der Waals surface area contributed by atoms with Crippen LogP contribution in [-0.4, -0.2) is 22.0 Å². The minimum Gasteiger partial charge on any atom is -0.373 e. The molecule has 2 heterocycles. The third kappa shape index (κ3) is 3.23. The van der Waals surface area contributed by atoms with Gasteiger partial charge in [-0.15, -0.1) is 0 Å². The maximum atomic E-state index is 4.38. The Morgan fingerprint density at radius 1 is 1.15 bits per heavy atom. The van der Waals surface area contributed by atoms with Crippen LogP contribution in [0.3, 0.4) is 0 Å². The predicted molar refractivity (Wildman–Crippen MR) is 81.8 cm³/mol. The molecule has 106 valence electrons. The number of nitrogens with one attached hydrogen (secondary N) is 2. The van der Waals surface area contributed by atoms with Crippen LogP contribution >= 0.6 is 0 Å². The van der Waals surface area contributed by atoms with E-state index in [-0.39, 0.29) is 6.04 Å². The van der Waals surface area contributed by atoms with E-state index in [4.69, 9.17) is 0 Å². The maximum absolute atomic E-state index is 4.38. The molecule has 0 aliphatic rings. The molecule has 0 spiro atoms. The predicted octanol–water partition coefficient (Wildman–Crippen LogP) is 3.04. The topological polar surface area (TPSA) is 62.7 Å². The van der Waals surface area contributed by atoms with Gasteiger partial charge in [-0.05, 0) is 25.5 Å². The Hall–Kier alpha value is -2.17. The van der Waals surface area contributed by atoms with Crippen LogP contribution < -0.4 is 10.6 Å². The van der Waals surface area contributed by atoms with E-state index in [2.05, 4.69) is 39.4 Å². The van der Waals surface area contributed by atoms with Gasteiger partial charge in [-0.1, -0.05) is 19.4 Å². The Morgan fingerprint density at radius 3 is 2.60 bits per heavy atom. The van der Waals surface area contributed by atoms with E-state index < -0.39 is 0 Å². The zero-order valence-corrected chi connectivity index (χ0v) is 12.2. The van der Waals surface area contributed by atoms with Gasteiger partial charge in [-0.2, -0.15) is 0 Å². The summed E-state index contributed by atoms with van der Waals surface area (Å²) < 4.78 is 0. The zero-order chi connectivity index (χ0) is 14.4. The van der Waals surface area contributed by atoms with E-state index in [1.54, 1.807) is 12.5 Å². The van der Waals surface area contributed by atoms with Crippen molar-refractivity contribution in [3.8, 4) is 0 Å². The van der Waals surface area contributed by atoms with Crippen molar-refractivity contribution in [1.82, 2.24) is 15.0 Å². The summed E-state index contributed by atoms with van der Waals surface area (Å²) >= 11 is 0. The minimum absolute atomic E-state index is 0.103. The standard InChI is InChI=1S/C15H21N5/c1-4-7-12-14(16-3)18-10-19-15(12)20-11(2)13-8-5-6-9-17-13/h5-6,8-11H,4,7H2,1-3H3,(H2,16,18,19,20). The lowest BCUT2D eigenvalue weighted by Crippen LogP contribution is -2.13. The van der Waals surface area contributed by atoms with Crippen LogP contribution in [0.4, 0.5) is 11.6 Å². The number of rotatable bonds is 6. The van der Waals surface area contributed by atoms with Crippen molar-refractivity contribution in [1.29, 1.82) is 0 Å². The quantitative estimate of drug-likeness (QED) is 0.845. The normalized spacial score (nSPS) is 11.9. The van der Waals surface area contributed by atoms with Crippen LogP contribution in [0.2, 0.25) is 0 Å². The minimum atomic E-state index is 0.103. The Balaban J connectivity index is 2.24. The smallest absolute Gasteiger partial charge is 0.135 e. The molecular formula is C15H21N5. The second-order valence-electron chi connectivity index (χ2n) is 4.67. The summed E-state index contributed by atoms with van der Waals surface area (Å²) in [6.07, 6.45) is 5.38. The van der Waals surface area contributed by atoms with E-state index in [0.717, 1.165) is 35.7 Å². The molecule has 0 aliphatic carbocycles. The van der Waals surface area contributed by atoms with E-state index in [9.17, 15) is 0 Å². The molecule has 0 bridgehead atoms. The van der Waals surface area contributed by atoms with Crippen LogP contribution in [0.25, 0.3) is 0 Å².